The third kappa shape index (κ3) is 2.82. The predicted molar refractivity (Wildman–Crippen MR) is 75.5 cm³/mol. The first kappa shape index (κ1) is 14.1. The van der Waals surface area contributed by atoms with Gasteiger partial charge in [-0.1, -0.05) is 6.92 Å². The van der Waals surface area contributed by atoms with Crippen molar-refractivity contribution in [2.75, 3.05) is 0 Å². The van der Waals surface area contributed by atoms with Crippen molar-refractivity contribution in [1.29, 1.82) is 0 Å². The van der Waals surface area contributed by atoms with Crippen LogP contribution in [0.25, 0.3) is 11.4 Å². The number of hydrogen-bond donors (Lipinski definition) is 1. The molecule has 0 unspecified atom stereocenters. The van der Waals surface area contributed by atoms with Crippen LogP contribution in [0.4, 0.5) is 0 Å². The normalized spacial score (nSPS) is 10.6. The lowest BCUT2D eigenvalue weighted by atomic mass is 10.1. The van der Waals surface area contributed by atoms with Crippen molar-refractivity contribution < 1.29 is 9.90 Å². The van der Waals surface area contributed by atoms with Crippen LogP contribution in [0.15, 0.2) is 18.5 Å². The monoisotopic (exact) mass is 271 g/mol. The fourth-order valence-corrected chi connectivity index (χ4v) is 2.19. The van der Waals surface area contributed by atoms with E-state index in [9.17, 15) is 4.79 Å². The molecule has 0 bridgehead atoms. The summed E-state index contributed by atoms with van der Waals surface area (Å²) in [5, 5.41) is 8.92. The lowest BCUT2D eigenvalue weighted by Gasteiger charge is -2.11. The van der Waals surface area contributed by atoms with Crippen LogP contribution in [0.3, 0.4) is 0 Å². The maximum atomic E-state index is 10.9. The smallest absolute Gasteiger partial charge is 0.307 e. The molecule has 0 saturated carbocycles. The molecule has 0 amide bonds. The fraction of sp³-hybridized carbons (Fsp3) is 0.333. The SMILES string of the molecule is CCc1cnccc1-c1nc(C)c(CC(=O)O)c(C)n1. The van der Waals surface area contributed by atoms with Crippen LogP contribution in [-0.2, 0) is 17.6 Å². The van der Waals surface area contributed by atoms with E-state index in [4.69, 9.17) is 5.11 Å². The minimum absolute atomic E-state index is 0.0467. The first-order valence-corrected chi connectivity index (χ1v) is 6.52. The number of aromatic nitrogens is 3. The molecular weight excluding hydrogens is 254 g/mol. The number of pyridine rings is 1. The molecule has 0 aliphatic carbocycles. The lowest BCUT2D eigenvalue weighted by Crippen LogP contribution is -2.09. The standard InChI is InChI=1S/C15H17N3O2/c1-4-11-8-16-6-5-12(11)15-17-9(2)13(7-14(19)20)10(3)18-15/h5-6,8H,4,7H2,1-3H3,(H,19,20). The average Bonchev–Trinajstić information content (AvgIpc) is 2.42. The van der Waals surface area contributed by atoms with Crippen molar-refractivity contribution in [3.8, 4) is 11.4 Å². The molecule has 2 heterocycles. The Morgan fingerprint density at radius 2 is 1.90 bits per heavy atom. The van der Waals surface area contributed by atoms with Crippen LogP contribution >= 0.6 is 0 Å². The first-order chi connectivity index (χ1) is 9.52. The Labute approximate surface area is 117 Å². The van der Waals surface area contributed by atoms with E-state index in [2.05, 4.69) is 21.9 Å². The van der Waals surface area contributed by atoms with Gasteiger partial charge in [0.05, 0.1) is 6.42 Å². The minimum atomic E-state index is -0.870. The Morgan fingerprint density at radius 3 is 2.45 bits per heavy atom. The van der Waals surface area contributed by atoms with Gasteiger partial charge < -0.3 is 5.11 Å². The van der Waals surface area contributed by atoms with Crippen molar-refractivity contribution in [3.63, 3.8) is 0 Å². The molecule has 5 heteroatoms. The van der Waals surface area contributed by atoms with Gasteiger partial charge in [-0.25, -0.2) is 9.97 Å². The van der Waals surface area contributed by atoms with E-state index >= 15 is 0 Å². The van der Waals surface area contributed by atoms with Gasteiger partial charge in [-0.05, 0) is 31.9 Å². The van der Waals surface area contributed by atoms with Gasteiger partial charge in [0.1, 0.15) is 0 Å². The molecule has 0 aliphatic rings. The average molecular weight is 271 g/mol. The molecule has 0 aromatic carbocycles. The molecule has 2 aromatic heterocycles. The van der Waals surface area contributed by atoms with Crippen LogP contribution < -0.4 is 0 Å². The summed E-state index contributed by atoms with van der Waals surface area (Å²) in [7, 11) is 0. The summed E-state index contributed by atoms with van der Waals surface area (Å²) < 4.78 is 0. The van der Waals surface area contributed by atoms with Crippen LogP contribution in [0.1, 0.15) is 29.4 Å². The predicted octanol–water partition coefficient (Wildman–Crippen LogP) is 2.34. The highest BCUT2D eigenvalue weighted by Gasteiger charge is 2.14. The van der Waals surface area contributed by atoms with Crippen LogP contribution in [-0.4, -0.2) is 26.0 Å². The molecule has 2 aromatic rings. The number of carboxylic acids is 1. The van der Waals surface area contributed by atoms with E-state index in [1.54, 1.807) is 6.20 Å². The highest BCUT2D eigenvalue weighted by molar-refractivity contribution is 5.71. The highest BCUT2D eigenvalue weighted by atomic mass is 16.4. The second-order valence-electron chi connectivity index (χ2n) is 4.65. The molecule has 0 fully saturated rings. The van der Waals surface area contributed by atoms with Gasteiger partial charge in [0.25, 0.3) is 0 Å². The van der Waals surface area contributed by atoms with Gasteiger partial charge in [-0.15, -0.1) is 0 Å². The quantitative estimate of drug-likeness (QED) is 0.923. The van der Waals surface area contributed by atoms with E-state index < -0.39 is 5.97 Å². The Hall–Kier alpha value is -2.30. The summed E-state index contributed by atoms with van der Waals surface area (Å²) in [5.74, 6) is -0.237. The van der Waals surface area contributed by atoms with Crippen molar-refractivity contribution >= 4 is 5.97 Å². The lowest BCUT2D eigenvalue weighted by molar-refractivity contribution is -0.136. The highest BCUT2D eigenvalue weighted by Crippen LogP contribution is 2.22. The number of carboxylic acid groups (broad SMARTS) is 1. The van der Waals surface area contributed by atoms with Gasteiger partial charge in [-0.3, -0.25) is 9.78 Å². The third-order valence-corrected chi connectivity index (χ3v) is 3.27. The Morgan fingerprint density at radius 1 is 1.25 bits per heavy atom. The van der Waals surface area contributed by atoms with Crippen LogP contribution in [0, 0.1) is 13.8 Å². The second-order valence-corrected chi connectivity index (χ2v) is 4.65. The summed E-state index contributed by atoms with van der Waals surface area (Å²) in [4.78, 5) is 23.9. The van der Waals surface area contributed by atoms with Crippen molar-refractivity contribution in [1.82, 2.24) is 15.0 Å². The van der Waals surface area contributed by atoms with Crippen molar-refractivity contribution in [3.05, 3.63) is 41.0 Å². The summed E-state index contributed by atoms with van der Waals surface area (Å²) in [6, 6.07) is 1.89. The summed E-state index contributed by atoms with van der Waals surface area (Å²) >= 11 is 0. The molecule has 0 atom stereocenters. The van der Waals surface area contributed by atoms with Gasteiger partial charge in [0.2, 0.25) is 0 Å². The van der Waals surface area contributed by atoms with Crippen LogP contribution in [0.2, 0.25) is 0 Å². The maximum Gasteiger partial charge on any atom is 0.307 e. The molecule has 2 rings (SSSR count). The zero-order valence-electron chi connectivity index (χ0n) is 11.8. The largest absolute Gasteiger partial charge is 0.481 e. The van der Waals surface area contributed by atoms with Crippen molar-refractivity contribution in [2.45, 2.75) is 33.6 Å². The van der Waals surface area contributed by atoms with Gasteiger partial charge >= 0.3 is 5.97 Å². The van der Waals surface area contributed by atoms with Gasteiger partial charge in [-0.2, -0.15) is 0 Å². The first-order valence-electron chi connectivity index (χ1n) is 6.52. The third-order valence-electron chi connectivity index (χ3n) is 3.27. The fourth-order valence-electron chi connectivity index (χ4n) is 2.19. The van der Waals surface area contributed by atoms with E-state index in [-0.39, 0.29) is 6.42 Å². The minimum Gasteiger partial charge on any atom is -0.481 e. The van der Waals surface area contributed by atoms with Gasteiger partial charge in [0.15, 0.2) is 5.82 Å². The Balaban J connectivity index is 2.52. The number of hydrogen-bond acceptors (Lipinski definition) is 4. The molecule has 104 valence electrons. The molecular formula is C15H17N3O2. The number of rotatable bonds is 4. The Kier molecular flexibility index (Phi) is 4.08. The van der Waals surface area contributed by atoms with E-state index in [0.717, 1.165) is 17.5 Å². The van der Waals surface area contributed by atoms with E-state index in [1.807, 2.05) is 26.1 Å². The summed E-state index contributed by atoms with van der Waals surface area (Å²) in [5.41, 5.74) is 4.16. The van der Waals surface area contributed by atoms with Gasteiger partial charge in [0, 0.05) is 34.9 Å². The summed E-state index contributed by atoms with van der Waals surface area (Å²) in [6.07, 6.45) is 4.33. The maximum absolute atomic E-state index is 10.9. The molecule has 5 nitrogen and oxygen atoms in total. The molecule has 0 spiro atoms. The zero-order chi connectivity index (χ0) is 14.7. The molecule has 20 heavy (non-hydrogen) atoms. The summed E-state index contributed by atoms with van der Waals surface area (Å²) in [6.45, 7) is 5.70. The number of aliphatic carboxylic acids is 1. The molecule has 0 saturated heterocycles. The number of nitrogens with zero attached hydrogens (tertiary/aromatic N) is 3. The molecule has 0 radical (unpaired) electrons. The molecule has 0 aliphatic heterocycles. The van der Waals surface area contributed by atoms with E-state index in [0.29, 0.717) is 22.8 Å². The van der Waals surface area contributed by atoms with Crippen LogP contribution in [0.5, 0.6) is 0 Å². The zero-order valence-corrected chi connectivity index (χ0v) is 11.8. The molecule has 1 N–H and O–H groups in total. The second kappa shape index (κ2) is 5.77. The Bertz CT molecular complexity index is 630. The topological polar surface area (TPSA) is 76.0 Å². The van der Waals surface area contributed by atoms with Crippen molar-refractivity contribution in [2.24, 2.45) is 0 Å². The number of carbonyl (C=O) groups is 1. The number of aryl methyl sites for hydroxylation is 3. The van der Waals surface area contributed by atoms with E-state index in [1.165, 1.54) is 0 Å².